The average molecular weight is 498 g/mol. The molecule has 0 radical (unpaired) electrons. The fourth-order valence-electron chi connectivity index (χ4n) is 4.23. The monoisotopic (exact) mass is 497 g/mol. The molecule has 0 unspecified atom stereocenters. The highest BCUT2D eigenvalue weighted by Crippen LogP contribution is 2.30. The molecule has 2 aromatic heterocycles. The Bertz CT molecular complexity index is 1420. The van der Waals surface area contributed by atoms with Gasteiger partial charge >= 0.3 is 0 Å². The first-order valence-electron chi connectivity index (χ1n) is 11.4. The molecule has 0 atom stereocenters. The molecule has 3 aromatic rings. The maximum absolute atomic E-state index is 13.5. The summed E-state index contributed by atoms with van der Waals surface area (Å²) in [6.07, 6.45) is 2.97. The molecule has 1 amide bonds. The van der Waals surface area contributed by atoms with Gasteiger partial charge in [0.2, 0.25) is 21.9 Å². The van der Waals surface area contributed by atoms with E-state index in [1.807, 2.05) is 18.2 Å². The van der Waals surface area contributed by atoms with Crippen molar-refractivity contribution in [3.63, 3.8) is 0 Å². The van der Waals surface area contributed by atoms with Crippen LogP contribution in [0.3, 0.4) is 0 Å². The molecular formula is C23H24FN7O3S. The Morgan fingerprint density at radius 3 is 2.66 bits per heavy atom. The van der Waals surface area contributed by atoms with E-state index in [1.54, 1.807) is 10.6 Å². The number of fused-ring (bicyclic) bond motifs is 1. The average Bonchev–Trinajstić information content (AvgIpc) is 3.60. The van der Waals surface area contributed by atoms with Crippen LogP contribution in [0.25, 0.3) is 5.65 Å². The number of pyridine rings is 1. The Morgan fingerprint density at radius 1 is 1.17 bits per heavy atom. The lowest BCUT2D eigenvalue weighted by molar-refractivity contribution is -0.117. The third-order valence-electron chi connectivity index (χ3n) is 6.20. The zero-order valence-corrected chi connectivity index (χ0v) is 19.6. The van der Waals surface area contributed by atoms with Crippen molar-refractivity contribution in [3.8, 4) is 6.07 Å². The maximum atomic E-state index is 13.5. The minimum Gasteiger partial charge on any atom is -0.356 e. The second-order valence-electron chi connectivity index (χ2n) is 8.92. The number of nitrogens with zero attached hydrogens (tertiary/aromatic N) is 5. The van der Waals surface area contributed by atoms with Crippen LogP contribution in [-0.2, 0) is 20.6 Å². The van der Waals surface area contributed by atoms with Gasteiger partial charge < -0.3 is 4.90 Å². The quantitative estimate of drug-likeness (QED) is 0.511. The number of nitrogens with one attached hydrogen (secondary N) is 2. The van der Waals surface area contributed by atoms with Crippen molar-refractivity contribution in [2.45, 2.75) is 37.5 Å². The molecule has 0 bridgehead atoms. The topological polar surface area (TPSA) is 132 Å². The van der Waals surface area contributed by atoms with Crippen LogP contribution < -0.4 is 14.9 Å². The van der Waals surface area contributed by atoms with Gasteiger partial charge in [-0.1, -0.05) is 12.1 Å². The van der Waals surface area contributed by atoms with Gasteiger partial charge in [-0.05, 0) is 55.5 Å². The van der Waals surface area contributed by atoms with Crippen LogP contribution in [0.15, 0.2) is 36.4 Å². The van der Waals surface area contributed by atoms with Crippen LogP contribution in [0.4, 0.5) is 16.2 Å². The number of halogens is 1. The van der Waals surface area contributed by atoms with Crippen molar-refractivity contribution in [1.82, 2.24) is 19.3 Å². The summed E-state index contributed by atoms with van der Waals surface area (Å²) in [5.41, 5.74) is 0.798. The lowest BCUT2D eigenvalue weighted by Crippen LogP contribution is -2.45. The molecule has 182 valence electrons. The number of aromatic nitrogens is 3. The number of hydrogen-bond acceptors (Lipinski definition) is 7. The van der Waals surface area contributed by atoms with Crippen molar-refractivity contribution < 1.29 is 17.6 Å². The van der Waals surface area contributed by atoms with Gasteiger partial charge in [-0.15, -0.1) is 5.10 Å². The number of carbonyl (C=O) groups excluding carboxylic acids is 1. The van der Waals surface area contributed by atoms with E-state index in [4.69, 9.17) is 5.26 Å². The highest BCUT2D eigenvalue weighted by molar-refractivity contribution is 7.88. The molecule has 1 aliphatic heterocycles. The first-order valence-corrected chi connectivity index (χ1v) is 13.1. The summed E-state index contributed by atoms with van der Waals surface area (Å²) in [5.74, 6) is 0.0978. The number of rotatable bonds is 7. The second-order valence-corrected chi connectivity index (χ2v) is 10.7. The Morgan fingerprint density at radius 2 is 1.94 bits per heavy atom. The summed E-state index contributed by atoms with van der Waals surface area (Å²) in [5, 5.41) is 16.2. The van der Waals surface area contributed by atoms with Crippen LogP contribution in [0.5, 0.6) is 0 Å². The minimum atomic E-state index is -3.67. The SMILES string of the molecule is N#Cc1cc(CS(=O)(=O)NC2CCN(c3cccc4nc(NC(=O)C5CC5)nn34)CC2)ccc1F. The third kappa shape index (κ3) is 5.26. The predicted octanol–water partition coefficient (Wildman–Crippen LogP) is 2.18. The summed E-state index contributed by atoms with van der Waals surface area (Å²) in [6, 6.07) is 10.8. The molecule has 1 aromatic carbocycles. The number of nitriles is 1. The largest absolute Gasteiger partial charge is 0.356 e. The third-order valence-corrected chi connectivity index (χ3v) is 7.60. The van der Waals surface area contributed by atoms with Gasteiger partial charge in [-0.2, -0.15) is 14.8 Å². The van der Waals surface area contributed by atoms with Gasteiger partial charge in [0, 0.05) is 25.0 Å². The molecule has 1 saturated heterocycles. The number of sulfonamides is 1. The zero-order chi connectivity index (χ0) is 24.6. The lowest BCUT2D eigenvalue weighted by Gasteiger charge is -2.33. The molecule has 2 aliphatic rings. The van der Waals surface area contributed by atoms with E-state index in [0.29, 0.717) is 37.1 Å². The Balaban J connectivity index is 1.22. The molecule has 35 heavy (non-hydrogen) atoms. The molecule has 3 heterocycles. The number of piperidine rings is 1. The lowest BCUT2D eigenvalue weighted by atomic mass is 10.1. The standard InChI is InChI=1S/C23H24FN7O3S/c24-19-7-4-15(12-17(19)13-25)14-35(33,34)29-18-8-10-30(11-9-18)21-3-1-2-20-26-23(28-31(20)21)27-22(32)16-5-6-16/h1-4,7,12,16,18,29H,5-6,8-11,14H2,(H,27,28,32). The molecule has 0 spiro atoms. The van der Waals surface area contributed by atoms with Gasteiger partial charge in [0.1, 0.15) is 17.7 Å². The number of benzene rings is 1. The van der Waals surface area contributed by atoms with E-state index in [9.17, 15) is 17.6 Å². The van der Waals surface area contributed by atoms with Crippen LogP contribution in [-0.4, -0.2) is 48.1 Å². The fourth-order valence-corrected chi connectivity index (χ4v) is 5.68. The van der Waals surface area contributed by atoms with Gasteiger partial charge in [0.05, 0.1) is 11.3 Å². The molecule has 2 fully saturated rings. The molecule has 1 aliphatic carbocycles. The Kier molecular flexibility index (Phi) is 6.12. The van der Waals surface area contributed by atoms with Gasteiger partial charge in [0.15, 0.2) is 5.65 Å². The van der Waals surface area contributed by atoms with Crippen LogP contribution >= 0.6 is 0 Å². The first-order chi connectivity index (χ1) is 16.8. The highest BCUT2D eigenvalue weighted by Gasteiger charge is 2.30. The Labute approximate surface area is 201 Å². The summed E-state index contributed by atoms with van der Waals surface area (Å²) >= 11 is 0. The smallest absolute Gasteiger partial charge is 0.249 e. The van der Waals surface area contributed by atoms with Crippen LogP contribution in [0.1, 0.15) is 36.8 Å². The van der Waals surface area contributed by atoms with E-state index in [2.05, 4.69) is 25.0 Å². The second kappa shape index (κ2) is 9.24. The molecule has 2 N–H and O–H groups in total. The summed E-state index contributed by atoms with van der Waals surface area (Å²) < 4.78 is 43.3. The van der Waals surface area contributed by atoms with E-state index in [1.165, 1.54) is 12.1 Å². The molecule has 10 nitrogen and oxygen atoms in total. The van der Waals surface area contributed by atoms with E-state index >= 15 is 0 Å². The summed E-state index contributed by atoms with van der Waals surface area (Å²) in [7, 11) is -3.67. The van der Waals surface area contributed by atoms with E-state index in [0.717, 1.165) is 24.7 Å². The number of anilines is 2. The minimum absolute atomic E-state index is 0.0555. The Hall–Kier alpha value is -3.56. The maximum Gasteiger partial charge on any atom is 0.249 e. The van der Waals surface area contributed by atoms with Crippen molar-refractivity contribution in [1.29, 1.82) is 5.26 Å². The zero-order valence-electron chi connectivity index (χ0n) is 18.8. The van der Waals surface area contributed by atoms with Crippen molar-refractivity contribution in [2.24, 2.45) is 5.92 Å². The van der Waals surface area contributed by atoms with Gasteiger partial charge in [-0.3, -0.25) is 10.1 Å². The molecule has 5 rings (SSSR count). The molecule has 12 heteroatoms. The number of hydrogen-bond donors (Lipinski definition) is 2. The number of carbonyl (C=O) groups is 1. The highest BCUT2D eigenvalue weighted by atomic mass is 32.2. The van der Waals surface area contributed by atoms with E-state index in [-0.39, 0.29) is 35.1 Å². The van der Waals surface area contributed by atoms with E-state index < -0.39 is 15.8 Å². The fraction of sp³-hybridized carbons (Fsp3) is 0.391. The normalized spacial score (nSPS) is 16.9. The molecule has 1 saturated carbocycles. The number of amides is 1. The molecular weight excluding hydrogens is 473 g/mol. The van der Waals surface area contributed by atoms with Gasteiger partial charge in [0.25, 0.3) is 0 Å². The van der Waals surface area contributed by atoms with Crippen molar-refractivity contribution >= 4 is 33.3 Å². The van der Waals surface area contributed by atoms with Crippen molar-refractivity contribution in [2.75, 3.05) is 23.3 Å². The summed E-state index contributed by atoms with van der Waals surface area (Å²) in [6.45, 7) is 1.20. The first kappa shape index (κ1) is 23.2. The predicted molar refractivity (Wildman–Crippen MR) is 126 cm³/mol. The van der Waals surface area contributed by atoms with Crippen LogP contribution in [0, 0.1) is 23.1 Å². The summed E-state index contributed by atoms with van der Waals surface area (Å²) in [4.78, 5) is 18.6. The van der Waals surface area contributed by atoms with Crippen LogP contribution in [0.2, 0.25) is 0 Å². The van der Waals surface area contributed by atoms with Gasteiger partial charge in [-0.25, -0.2) is 17.5 Å². The van der Waals surface area contributed by atoms with Crippen molar-refractivity contribution in [3.05, 3.63) is 53.3 Å².